The molecule has 2 heterocycles. The Kier molecular flexibility index (Phi) is 3.75. The summed E-state index contributed by atoms with van der Waals surface area (Å²) in [5.74, 6) is 1.12. The Balaban J connectivity index is 1.83. The van der Waals surface area contributed by atoms with Crippen molar-refractivity contribution in [3.63, 3.8) is 0 Å². The van der Waals surface area contributed by atoms with E-state index in [0.29, 0.717) is 6.54 Å². The largest absolute Gasteiger partial charge is 0.334 e. The van der Waals surface area contributed by atoms with Crippen LogP contribution in [0, 0.1) is 0 Å². The minimum Gasteiger partial charge on any atom is -0.334 e. The van der Waals surface area contributed by atoms with E-state index in [1.54, 1.807) is 0 Å². The molecule has 1 aromatic rings. The molecule has 0 bridgehead atoms. The number of rotatable bonds is 5. The molecule has 0 amide bonds. The molecule has 2 N–H and O–H groups in total. The Bertz CT molecular complexity index is 289. The van der Waals surface area contributed by atoms with Gasteiger partial charge in [-0.15, -0.1) is 0 Å². The molecule has 4 nitrogen and oxygen atoms in total. The highest BCUT2D eigenvalue weighted by atomic mass is 15.2. The fraction of sp³-hybridized carbons (Fsp3) is 0.727. The van der Waals surface area contributed by atoms with E-state index in [1.165, 1.54) is 25.9 Å². The van der Waals surface area contributed by atoms with Gasteiger partial charge in [0.25, 0.3) is 0 Å². The standard InChI is InChI=1S/C11H20N4/c12-4-3-11-13-5-8-15(11)10-9-14-6-1-2-7-14/h5,8H,1-4,6-7,9-10,12H2. The lowest BCUT2D eigenvalue weighted by Gasteiger charge is -2.15. The number of aromatic nitrogens is 2. The van der Waals surface area contributed by atoms with Gasteiger partial charge in [0.15, 0.2) is 0 Å². The zero-order chi connectivity index (χ0) is 10.5. The van der Waals surface area contributed by atoms with E-state index in [-0.39, 0.29) is 0 Å². The second-order valence-corrected chi connectivity index (χ2v) is 4.12. The van der Waals surface area contributed by atoms with Gasteiger partial charge in [-0.25, -0.2) is 4.98 Å². The van der Waals surface area contributed by atoms with E-state index in [1.807, 2.05) is 6.20 Å². The summed E-state index contributed by atoms with van der Waals surface area (Å²) in [5, 5.41) is 0. The molecule has 0 atom stereocenters. The van der Waals surface area contributed by atoms with Crippen molar-refractivity contribution in [2.75, 3.05) is 26.2 Å². The maximum Gasteiger partial charge on any atom is 0.109 e. The molecular formula is C11H20N4. The van der Waals surface area contributed by atoms with Crippen molar-refractivity contribution < 1.29 is 0 Å². The molecule has 1 fully saturated rings. The lowest BCUT2D eigenvalue weighted by Crippen LogP contribution is -2.24. The first-order chi connectivity index (χ1) is 7.40. The summed E-state index contributed by atoms with van der Waals surface area (Å²) in [5.41, 5.74) is 5.54. The van der Waals surface area contributed by atoms with Gasteiger partial charge in [-0.2, -0.15) is 0 Å². The maximum atomic E-state index is 5.54. The molecule has 84 valence electrons. The average Bonchev–Trinajstić information content (AvgIpc) is 2.85. The number of hydrogen-bond acceptors (Lipinski definition) is 3. The van der Waals surface area contributed by atoms with Crippen molar-refractivity contribution in [2.45, 2.75) is 25.8 Å². The van der Waals surface area contributed by atoms with Gasteiger partial charge in [-0.1, -0.05) is 0 Å². The van der Waals surface area contributed by atoms with E-state index in [9.17, 15) is 0 Å². The van der Waals surface area contributed by atoms with Crippen LogP contribution in [0.3, 0.4) is 0 Å². The van der Waals surface area contributed by atoms with E-state index < -0.39 is 0 Å². The van der Waals surface area contributed by atoms with Crippen LogP contribution < -0.4 is 5.73 Å². The quantitative estimate of drug-likeness (QED) is 0.765. The fourth-order valence-electron chi connectivity index (χ4n) is 2.16. The van der Waals surface area contributed by atoms with E-state index >= 15 is 0 Å². The van der Waals surface area contributed by atoms with E-state index in [0.717, 1.165) is 25.3 Å². The minimum absolute atomic E-state index is 0.681. The highest BCUT2D eigenvalue weighted by Gasteiger charge is 2.11. The van der Waals surface area contributed by atoms with Crippen LogP contribution in [0.5, 0.6) is 0 Å². The second kappa shape index (κ2) is 5.28. The van der Waals surface area contributed by atoms with Gasteiger partial charge in [-0.05, 0) is 32.5 Å². The molecule has 1 aliphatic rings. The number of hydrogen-bond donors (Lipinski definition) is 1. The molecular weight excluding hydrogens is 188 g/mol. The molecule has 1 aliphatic heterocycles. The maximum absolute atomic E-state index is 5.54. The number of nitrogens with zero attached hydrogens (tertiary/aromatic N) is 3. The third-order valence-corrected chi connectivity index (χ3v) is 3.03. The summed E-state index contributed by atoms with van der Waals surface area (Å²) < 4.78 is 2.23. The van der Waals surface area contributed by atoms with Crippen molar-refractivity contribution in [3.05, 3.63) is 18.2 Å². The first-order valence-corrected chi connectivity index (χ1v) is 5.82. The predicted octanol–water partition coefficient (Wildman–Crippen LogP) is 0.480. The van der Waals surface area contributed by atoms with Gasteiger partial charge in [-0.3, -0.25) is 0 Å². The zero-order valence-corrected chi connectivity index (χ0v) is 9.23. The van der Waals surface area contributed by atoms with Crippen LogP contribution in [0.25, 0.3) is 0 Å². The normalized spacial score (nSPS) is 17.4. The number of nitrogens with two attached hydrogens (primary N) is 1. The monoisotopic (exact) mass is 208 g/mol. The van der Waals surface area contributed by atoms with Crippen molar-refractivity contribution in [3.8, 4) is 0 Å². The lowest BCUT2D eigenvalue weighted by molar-refractivity contribution is 0.320. The molecule has 0 unspecified atom stereocenters. The number of imidazole rings is 1. The van der Waals surface area contributed by atoms with Crippen LogP contribution in [-0.2, 0) is 13.0 Å². The van der Waals surface area contributed by atoms with Crippen molar-refractivity contribution >= 4 is 0 Å². The Labute approximate surface area is 91.1 Å². The first-order valence-electron chi connectivity index (χ1n) is 5.82. The summed E-state index contributed by atoms with van der Waals surface area (Å²) in [7, 11) is 0. The van der Waals surface area contributed by atoms with E-state index in [2.05, 4.69) is 20.6 Å². The summed E-state index contributed by atoms with van der Waals surface area (Å²) >= 11 is 0. The third-order valence-electron chi connectivity index (χ3n) is 3.03. The molecule has 0 aromatic carbocycles. The Morgan fingerprint density at radius 1 is 1.27 bits per heavy atom. The smallest absolute Gasteiger partial charge is 0.109 e. The Hall–Kier alpha value is -0.870. The Morgan fingerprint density at radius 3 is 2.80 bits per heavy atom. The molecule has 0 saturated carbocycles. The van der Waals surface area contributed by atoms with Gasteiger partial charge in [0.05, 0.1) is 0 Å². The van der Waals surface area contributed by atoms with Gasteiger partial charge in [0.2, 0.25) is 0 Å². The molecule has 4 heteroatoms. The highest BCUT2D eigenvalue weighted by molar-refractivity contribution is 4.93. The molecule has 0 radical (unpaired) electrons. The van der Waals surface area contributed by atoms with Crippen LogP contribution in [0.4, 0.5) is 0 Å². The molecule has 0 spiro atoms. The Morgan fingerprint density at radius 2 is 2.07 bits per heavy atom. The van der Waals surface area contributed by atoms with Gasteiger partial charge >= 0.3 is 0 Å². The highest BCUT2D eigenvalue weighted by Crippen LogP contribution is 2.07. The van der Waals surface area contributed by atoms with Crippen LogP contribution in [0.15, 0.2) is 12.4 Å². The predicted molar refractivity (Wildman–Crippen MR) is 60.7 cm³/mol. The van der Waals surface area contributed by atoms with Gasteiger partial charge < -0.3 is 15.2 Å². The summed E-state index contributed by atoms with van der Waals surface area (Å²) in [6.45, 7) is 5.41. The van der Waals surface area contributed by atoms with Gasteiger partial charge in [0, 0.05) is 31.9 Å². The molecule has 1 aromatic heterocycles. The van der Waals surface area contributed by atoms with Crippen molar-refractivity contribution in [2.24, 2.45) is 5.73 Å². The zero-order valence-electron chi connectivity index (χ0n) is 9.23. The molecule has 0 aliphatic carbocycles. The van der Waals surface area contributed by atoms with E-state index in [4.69, 9.17) is 5.73 Å². The topological polar surface area (TPSA) is 47.1 Å². The average molecular weight is 208 g/mol. The fourth-order valence-corrected chi connectivity index (χ4v) is 2.16. The number of likely N-dealkylation sites (tertiary alicyclic amines) is 1. The summed E-state index contributed by atoms with van der Waals surface area (Å²) in [6, 6.07) is 0. The summed E-state index contributed by atoms with van der Waals surface area (Å²) in [4.78, 5) is 6.84. The van der Waals surface area contributed by atoms with Crippen LogP contribution in [0.1, 0.15) is 18.7 Å². The second-order valence-electron chi connectivity index (χ2n) is 4.12. The molecule has 15 heavy (non-hydrogen) atoms. The SMILES string of the molecule is NCCc1nccn1CCN1CCCC1. The van der Waals surface area contributed by atoms with Gasteiger partial charge in [0.1, 0.15) is 5.82 Å². The molecule has 1 saturated heterocycles. The van der Waals surface area contributed by atoms with Crippen LogP contribution >= 0.6 is 0 Å². The van der Waals surface area contributed by atoms with Crippen LogP contribution in [-0.4, -0.2) is 40.6 Å². The van der Waals surface area contributed by atoms with Crippen molar-refractivity contribution in [1.29, 1.82) is 0 Å². The third kappa shape index (κ3) is 2.79. The summed E-state index contributed by atoms with van der Waals surface area (Å²) in [6.07, 6.45) is 7.53. The molecule has 2 rings (SSSR count). The first kappa shape index (κ1) is 10.6. The lowest BCUT2D eigenvalue weighted by atomic mass is 10.4. The minimum atomic E-state index is 0.681. The van der Waals surface area contributed by atoms with Crippen molar-refractivity contribution in [1.82, 2.24) is 14.5 Å². The van der Waals surface area contributed by atoms with Crippen LogP contribution in [0.2, 0.25) is 0 Å².